The summed E-state index contributed by atoms with van der Waals surface area (Å²) in [5.74, 6) is 0.342. The Morgan fingerprint density at radius 2 is 1.70 bits per heavy atom. The molecular weight excluding hydrogens is 314 g/mol. The number of methoxy groups -OCH3 is 1. The third-order valence-corrected chi connectivity index (χ3v) is 5.11. The largest absolute Gasteiger partial charge is 0.497 e. The summed E-state index contributed by atoms with van der Waals surface area (Å²) in [4.78, 5) is 12.0. The van der Waals surface area contributed by atoms with Crippen LogP contribution in [0.5, 0.6) is 5.75 Å². The van der Waals surface area contributed by atoms with Crippen molar-refractivity contribution in [1.29, 1.82) is 0 Å². The number of rotatable bonds is 7. The van der Waals surface area contributed by atoms with Crippen molar-refractivity contribution < 1.29 is 17.9 Å². The fourth-order valence-corrected chi connectivity index (χ4v) is 3.38. The second-order valence-corrected chi connectivity index (χ2v) is 7.12. The molecule has 0 spiro atoms. The molecule has 5 nitrogen and oxygen atoms in total. The maximum Gasteiger partial charge on any atom is 0.224 e. The molecule has 1 N–H and O–H groups in total. The number of carbonyl (C=O) groups is 1. The number of sulfone groups is 1. The van der Waals surface area contributed by atoms with Crippen molar-refractivity contribution in [3.05, 3.63) is 54.6 Å². The lowest BCUT2D eigenvalue weighted by atomic mass is 10.3. The van der Waals surface area contributed by atoms with Crippen molar-refractivity contribution in [2.24, 2.45) is 0 Å². The Bertz CT molecular complexity index is 740. The van der Waals surface area contributed by atoms with E-state index in [1.807, 2.05) is 18.2 Å². The molecule has 0 bridgehead atoms. The lowest BCUT2D eigenvalue weighted by Crippen LogP contribution is -2.14. The summed E-state index contributed by atoms with van der Waals surface area (Å²) in [5.41, 5.74) is 0.704. The van der Waals surface area contributed by atoms with Gasteiger partial charge in [-0.3, -0.25) is 4.79 Å². The summed E-state index contributed by atoms with van der Waals surface area (Å²) in [6.45, 7) is 0. The van der Waals surface area contributed by atoms with Crippen molar-refractivity contribution in [1.82, 2.24) is 0 Å². The minimum atomic E-state index is -3.39. The van der Waals surface area contributed by atoms with Gasteiger partial charge in [0.2, 0.25) is 5.91 Å². The monoisotopic (exact) mass is 333 g/mol. The van der Waals surface area contributed by atoms with Gasteiger partial charge in [-0.2, -0.15) is 0 Å². The van der Waals surface area contributed by atoms with Gasteiger partial charge >= 0.3 is 0 Å². The maximum atomic E-state index is 12.2. The highest BCUT2D eigenvalue weighted by atomic mass is 32.2. The molecule has 0 fully saturated rings. The standard InChI is InChI=1S/C17H19NO4S/c1-22-15-9-11-16(12-10-15)23(20,21)13-5-8-17(19)18-14-6-3-2-4-7-14/h2-4,6-7,9-12H,5,8,13H2,1H3,(H,18,19). The quantitative estimate of drug-likeness (QED) is 0.845. The molecule has 0 radical (unpaired) electrons. The number of para-hydroxylation sites is 1. The second-order valence-electron chi connectivity index (χ2n) is 5.01. The fraction of sp³-hybridized carbons (Fsp3) is 0.235. The van der Waals surface area contributed by atoms with Crippen LogP contribution in [-0.2, 0) is 14.6 Å². The molecule has 122 valence electrons. The number of carbonyl (C=O) groups excluding carboxylic acids is 1. The van der Waals surface area contributed by atoms with Crippen molar-refractivity contribution >= 4 is 21.4 Å². The van der Waals surface area contributed by atoms with E-state index < -0.39 is 9.84 Å². The molecule has 1 amide bonds. The number of ether oxygens (including phenoxy) is 1. The SMILES string of the molecule is COc1ccc(S(=O)(=O)CCCC(=O)Nc2ccccc2)cc1. The lowest BCUT2D eigenvalue weighted by molar-refractivity contribution is -0.116. The van der Waals surface area contributed by atoms with Gasteiger partial charge in [-0.1, -0.05) is 18.2 Å². The highest BCUT2D eigenvalue weighted by molar-refractivity contribution is 7.91. The maximum absolute atomic E-state index is 12.2. The van der Waals surface area contributed by atoms with E-state index in [2.05, 4.69) is 5.32 Å². The van der Waals surface area contributed by atoms with Crippen LogP contribution >= 0.6 is 0 Å². The van der Waals surface area contributed by atoms with Gasteiger partial charge in [0.15, 0.2) is 9.84 Å². The van der Waals surface area contributed by atoms with E-state index in [9.17, 15) is 13.2 Å². The Morgan fingerprint density at radius 1 is 1.04 bits per heavy atom. The first-order chi connectivity index (χ1) is 11.0. The summed E-state index contributed by atoms with van der Waals surface area (Å²) in [6.07, 6.45) is 0.428. The van der Waals surface area contributed by atoms with Crippen LogP contribution in [0.3, 0.4) is 0 Å². The zero-order chi connectivity index (χ0) is 16.7. The summed E-state index contributed by atoms with van der Waals surface area (Å²) < 4.78 is 29.4. The fourth-order valence-electron chi connectivity index (χ4n) is 2.07. The number of amides is 1. The van der Waals surface area contributed by atoms with Gasteiger partial charge in [0.05, 0.1) is 17.8 Å². The summed E-state index contributed by atoms with van der Waals surface area (Å²) in [7, 11) is -1.87. The molecular formula is C17H19NO4S. The Kier molecular flexibility index (Phi) is 5.76. The van der Waals surface area contributed by atoms with Crippen LogP contribution in [0.25, 0.3) is 0 Å². The van der Waals surface area contributed by atoms with Gasteiger partial charge in [-0.25, -0.2) is 8.42 Å². The molecule has 2 aromatic carbocycles. The molecule has 0 aromatic heterocycles. The molecule has 6 heteroatoms. The summed E-state index contributed by atoms with van der Waals surface area (Å²) >= 11 is 0. The van der Waals surface area contributed by atoms with E-state index >= 15 is 0 Å². The van der Waals surface area contributed by atoms with Crippen LogP contribution < -0.4 is 10.1 Å². The van der Waals surface area contributed by atoms with Crippen molar-refractivity contribution in [2.45, 2.75) is 17.7 Å². The van der Waals surface area contributed by atoms with E-state index in [1.165, 1.54) is 19.2 Å². The molecule has 23 heavy (non-hydrogen) atoms. The van der Waals surface area contributed by atoms with Gasteiger partial charge in [-0.05, 0) is 42.8 Å². The van der Waals surface area contributed by atoms with Crippen LogP contribution in [0.1, 0.15) is 12.8 Å². The number of nitrogens with one attached hydrogen (secondary N) is 1. The Balaban J connectivity index is 1.85. The normalized spacial score (nSPS) is 11.0. The Labute approximate surface area is 136 Å². The van der Waals surface area contributed by atoms with Crippen molar-refractivity contribution in [3.63, 3.8) is 0 Å². The molecule has 0 aliphatic rings. The van der Waals surface area contributed by atoms with Crippen molar-refractivity contribution in [3.8, 4) is 5.75 Å². The highest BCUT2D eigenvalue weighted by Crippen LogP contribution is 2.17. The highest BCUT2D eigenvalue weighted by Gasteiger charge is 2.15. The van der Waals surface area contributed by atoms with Gasteiger partial charge in [-0.15, -0.1) is 0 Å². The van der Waals surface area contributed by atoms with E-state index in [0.717, 1.165) is 0 Å². The molecule has 0 unspecified atom stereocenters. The Hall–Kier alpha value is -2.34. The molecule has 0 aliphatic carbocycles. The van der Waals surface area contributed by atoms with E-state index in [0.29, 0.717) is 11.4 Å². The predicted octanol–water partition coefficient (Wildman–Crippen LogP) is 2.89. The van der Waals surface area contributed by atoms with Crippen LogP contribution in [-0.4, -0.2) is 27.2 Å². The van der Waals surface area contributed by atoms with Crippen molar-refractivity contribution in [2.75, 3.05) is 18.2 Å². The van der Waals surface area contributed by atoms with Gasteiger partial charge < -0.3 is 10.1 Å². The first kappa shape index (κ1) is 17.0. The third kappa shape index (κ3) is 5.10. The Morgan fingerprint density at radius 3 is 2.30 bits per heavy atom. The predicted molar refractivity (Wildman–Crippen MR) is 89.4 cm³/mol. The molecule has 0 saturated carbocycles. The molecule has 0 saturated heterocycles. The average molecular weight is 333 g/mol. The molecule has 0 atom stereocenters. The van der Waals surface area contributed by atoms with Crippen LogP contribution in [0.15, 0.2) is 59.5 Å². The average Bonchev–Trinajstić information content (AvgIpc) is 2.55. The van der Waals surface area contributed by atoms with Crippen LogP contribution in [0.2, 0.25) is 0 Å². The lowest BCUT2D eigenvalue weighted by Gasteiger charge is -2.07. The topological polar surface area (TPSA) is 72.5 Å². The number of hydrogen-bond acceptors (Lipinski definition) is 4. The van der Waals surface area contributed by atoms with Gasteiger partial charge in [0.1, 0.15) is 5.75 Å². The second kappa shape index (κ2) is 7.78. The van der Waals surface area contributed by atoms with Gasteiger partial charge in [0.25, 0.3) is 0 Å². The molecule has 2 rings (SSSR count). The van der Waals surface area contributed by atoms with E-state index in [1.54, 1.807) is 24.3 Å². The van der Waals surface area contributed by atoms with Crippen LogP contribution in [0, 0.1) is 0 Å². The number of hydrogen-bond donors (Lipinski definition) is 1. The van der Waals surface area contributed by atoms with E-state index in [-0.39, 0.29) is 29.4 Å². The smallest absolute Gasteiger partial charge is 0.224 e. The van der Waals surface area contributed by atoms with Crippen LogP contribution in [0.4, 0.5) is 5.69 Å². The minimum Gasteiger partial charge on any atom is -0.497 e. The summed E-state index contributed by atoms with van der Waals surface area (Å²) in [5, 5.41) is 2.73. The zero-order valence-electron chi connectivity index (χ0n) is 12.9. The molecule has 2 aromatic rings. The first-order valence-corrected chi connectivity index (χ1v) is 8.88. The van der Waals surface area contributed by atoms with Gasteiger partial charge in [0, 0.05) is 12.1 Å². The zero-order valence-corrected chi connectivity index (χ0v) is 13.7. The molecule has 0 heterocycles. The first-order valence-electron chi connectivity index (χ1n) is 7.23. The minimum absolute atomic E-state index is 0.0679. The molecule has 0 aliphatic heterocycles. The summed E-state index contributed by atoms with van der Waals surface area (Å²) in [6, 6.07) is 15.3. The van der Waals surface area contributed by atoms with E-state index in [4.69, 9.17) is 4.74 Å². The number of anilines is 1. The third-order valence-electron chi connectivity index (χ3n) is 3.29. The number of benzene rings is 2.